The molecule has 0 saturated carbocycles. The van der Waals surface area contributed by atoms with Gasteiger partial charge in [0.05, 0.1) is 6.54 Å². The molecule has 0 atom stereocenters. The van der Waals surface area contributed by atoms with Crippen LogP contribution in [0.2, 0.25) is 0 Å². The van der Waals surface area contributed by atoms with Gasteiger partial charge in [-0.15, -0.1) is 0 Å². The van der Waals surface area contributed by atoms with E-state index in [9.17, 15) is 0 Å². The summed E-state index contributed by atoms with van der Waals surface area (Å²) >= 11 is 0. The molecule has 1 N–H and O–H groups in total. The molecule has 0 amide bonds. The van der Waals surface area contributed by atoms with Gasteiger partial charge in [-0.25, -0.2) is 0 Å². The Morgan fingerprint density at radius 1 is 1.15 bits per heavy atom. The fourth-order valence-electron chi connectivity index (χ4n) is 2.72. The van der Waals surface area contributed by atoms with Crippen LogP contribution >= 0.6 is 0 Å². The summed E-state index contributed by atoms with van der Waals surface area (Å²) in [6.45, 7) is 10.7. The first-order valence-corrected chi connectivity index (χ1v) is 7.07. The summed E-state index contributed by atoms with van der Waals surface area (Å²) in [4.78, 5) is 0. The van der Waals surface area contributed by atoms with E-state index in [2.05, 4.69) is 33.0 Å². The average molecular weight is 275 g/mol. The maximum atomic E-state index is 6.05. The lowest BCUT2D eigenvalue weighted by Crippen LogP contribution is -2.18. The van der Waals surface area contributed by atoms with E-state index in [1.54, 1.807) is 0 Å². The van der Waals surface area contributed by atoms with Gasteiger partial charge in [-0.1, -0.05) is 27.7 Å². The monoisotopic (exact) mass is 275 g/mol. The molecule has 1 aliphatic heterocycles. The van der Waals surface area contributed by atoms with E-state index >= 15 is 0 Å². The van der Waals surface area contributed by atoms with E-state index in [-0.39, 0.29) is 12.2 Å². The van der Waals surface area contributed by atoms with E-state index in [0.29, 0.717) is 0 Å². The predicted octanol–water partition coefficient (Wildman–Crippen LogP) is 3.57. The lowest BCUT2D eigenvalue weighted by atomic mass is 9.84. The van der Waals surface area contributed by atoms with Crippen LogP contribution in [0.5, 0.6) is 11.5 Å². The summed E-state index contributed by atoms with van der Waals surface area (Å²) in [5.74, 6) is 2.57. The number of ether oxygens (including phenoxy) is 2. The summed E-state index contributed by atoms with van der Waals surface area (Å²) in [6.07, 6.45) is 0. The zero-order valence-electron chi connectivity index (χ0n) is 12.5. The molecule has 4 heteroatoms. The highest BCUT2D eigenvalue weighted by atomic mass is 16.7. The molecule has 0 fully saturated rings. The molecule has 0 bridgehead atoms. The van der Waals surface area contributed by atoms with Gasteiger partial charge in [-0.05, 0) is 18.0 Å². The first-order valence-electron chi connectivity index (χ1n) is 7.07. The molecule has 108 valence electrons. The third kappa shape index (κ3) is 2.14. The van der Waals surface area contributed by atoms with Gasteiger partial charge in [0.25, 0.3) is 0 Å². The molecule has 0 spiro atoms. The largest absolute Gasteiger partial charge is 0.459 e. The summed E-state index contributed by atoms with van der Waals surface area (Å²) in [7, 11) is 0. The fourth-order valence-corrected chi connectivity index (χ4v) is 2.72. The molecule has 3 rings (SSSR count). The third-order valence-electron chi connectivity index (χ3n) is 3.54. The van der Waals surface area contributed by atoms with Crippen molar-refractivity contribution in [2.45, 2.75) is 39.7 Å². The van der Waals surface area contributed by atoms with E-state index < -0.39 is 0 Å². The highest BCUT2D eigenvalue weighted by molar-refractivity contribution is 5.87. The van der Waals surface area contributed by atoms with Crippen molar-refractivity contribution in [1.82, 2.24) is 5.32 Å². The quantitative estimate of drug-likeness (QED) is 0.930. The minimum Gasteiger partial charge on any atom is -0.459 e. The van der Waals surface area contributed by atoms with Gasteiger partial charge in [0.2, 0.25) is 6.79 Å². The second-order valence-electron chi connectivity index (χ2n) is 6.13. The molecular weight excluding hydrogens is 254 g/mol. The number of hydrogen-bond acceptors (Lipinski definition) is 4. The first-order chi connectivity index (χ1) is 9.50. The average Bonchev–Trinajstić information content (AvgIpc) is 2.94. The highest BCUT2D eigenvalue weighted by Crippen LogP contribution is 2.42. The van der Waals surface area contributed by atoms with Gasteiger partial charge in [0.15, 0.2) is 11.5 Å². The number of hydrogen-bond donors (Lipinski definition) is 1. The Kier molecular flexibility index (Phi) is 3.13. The molecule has 20 heavy (non-hydrogen) atoms. The first kappa shape index (κ1) is 13.3. The van der Waals surface area contributed by atoms with Gasteiger partial charge < -0.3 is 19.2 Å². The normalized spacial score (nSPS) is 14.2. The van der Waals surface area contributed by atoms with Crippen LogP contribution < -0.4 is 14.8 Å². The topological polar surface area (TPSA) is 43.6 Å². The Morgan fingerprint density at radius 2 is 1.85 bits per heavy atom. The van der Waals surface area contributed by atoms with Crippen LogP contribution in [0.15, 0.2) is 16.5 Å². The molecular formula is C16H21NO3. The predicted molar refractivity (Wildman–Crippen MR) is 78.4 cm³/mol. The summed E-state index contributed by atoms with van der Waals surface area (Å²) < 4.78 is 17.0. The van der Waals surface area contributed by atoms with Crippen LogP contribution in [0.1, 0.15) is 39.0 Å². The van der Waals surface area contributed by atoms with Gasteiger partial charge >= 0.3 is 0 Å². The van der Waals surface area contributed by atoms with Crippen molar-refractivity contribution < 1.29 is 13.9 Å². The van der Waals surface area contributed by atoms with Crippen molar-refractivity contribution in [1.29, 1.82) is 0 Å². The maximum absolute atomic E-state index is 6.05. The van der Waals surface area contributed by atoms with Gasteiger partial charge in [0, 0.05) is 17.0 Å². The highest BCUT2D eigenvalue weighted by Gasteiger charge is 2.27. The number of furan rings is 1. The van der Waals surface area contributed by atoms with Crippen LogP contribution in [0.4, 0.5) is 0 Å². The van der Waals surface area contributed by atoms with Crippen LogP contribution in [0.3, 0.4) is 0 Å². The molecule has 1 aliphatic rings. The molecule has 2 heterocycles. The van der Waals surface area contributed by atoms with Crippen LogP contribution in [0, 0.1) is 0 Å². The minimum absolute atomic E-state index is 0.0176. The zero-order valence-corrected chi connectivity index (χ0v) is 12.5. The fraction of sp³-hybridized carbons (Fsp3) is 0.500. The van der Waals surface area contributed by atoms with Gasteiger partial charge in [-0.3, -0.25) is 0 Å². The molecule has 1 aromatic carbocycles. The molecule has 0 radical (unpaired) electrons. The summed E-state index contributed by atoms with van der Waals surface area (Å²) in [5.41, 5.74) is 2.13. The van der Waals surface area contributed by atoms with Crippen LogP contribution in [0.25, 0.3) is 11.0 Å². The SMILES string of the molecule is CCNCc1oc2cc3c(cc2c1C(C)(C)C)OCO3. The van der Waals surface area contributed by atoms with E-state index in [1.165, 1.54) is 5.56 Å². The van der Waals surface area contributed by atoms with Crippen molar-refractivity contribution in [2.75, 3.05) is 13.3 Å². The number of nitrogens with one attached hydrogen (secondary N) is 1. The summed E-state index contributed by atoms with van der Waals surface area (Å²) in [6, 6.07) is 3.97. The van der Waals surface area contributed by atoms with Crippen LogP contribution in [-0.4, -0.2) is 13.3 Å². The van der Waals surface area contributed by atoms with Crippen molar-refractivity contribution in [3.8, 4) is 11.5 Å². The number of rotatable bonds is 3. The van der Waals surface area contributed by atoms with Crippen LogP contribution in [-0.2, 0) is 12.0 Å². The van der Waals surface area contributed by atoms with E-state index in [4.69, 9.17) is 13.9 Å². The van der Waals surface area contributed by atoms with Gasteiger partial charge in [0.1, 0.15) is 11.3 Å². The Morgan fingerprint density at radius 3 is 2.50 bits per heavy atom. The molecule has 2 aromatic rings. The molecule has 0 saturated heterocycles. The van der Waals surface area contributed by atoms with Gasteiger partial charge in [-0.2, -0.15) is 0 Å². The molecule has 0 unspecified atom stereocenters. The second kappa shape index (κ2) is 4.70. The van der Waals surface area contributed by atoms with E-state index in [0.717, 1.165) is 41.3 Å². The lowest BCUT2D eigenvalue weighted by molar-refractivity contribution is 0.174. The third-order valence-corrected chi connectivity index (χ3v) is 3.54. The Labute approximate surface area is 119 Å². The van der Waals surface area contributed by atoms with E-state index in [1.807, 2.05) is 12.1 Å². The minimum atomic E-state index is 0.0176. The molecule has 1 aromatic heterocycles. The van der Waals surface area contributed by atoms with Crippen molar-refractivity contribution in [3.05, 3.63) is 23.5 Å². The smallest absolute Gasteiger partial charge is 0.231 e. The van der Waals surface area contributed by atoms with Crippen molar-refractivity contribution in [3.63, 3.8) is 0 Å². The molecule has 4 nitrogen and oxygen atoms in total. The summed E-state index contributed by atoms with van der Waals surface area (Å²) in [5, 5.41) is 4.46. The maximum Gasteiger partial charge on any atom is 0.231 e. The zero-order chi connectivity index (χ0) is 14.3. The molecule has 0 aliphatic carbocycles. The standard InChI is InChI=1S/C16H21NO3/c1-5-17-8-14-15(16(2,3)4)10-6-12-13(19-9-18-12)7-11(10)20-14/h6-7,17H,5,8-9H2,1-4H3. The Balaban J connectivity index is 2.18. The number of benzene rings is 1. The number of fused-ring (bicyclic) bond motifs is 2. The Hall–Kier alpha value is -1.68. The Bertz CT molecular complexity index is 637. The van der Waals surface area contributed by atoms with Crippen molar-refractivity contribution in [2.24, 2.45) is 0 Å². The second-order valence-corrected chi connectivity index (χ2v) is 6.13. The van der Waals surface area contributed by atoms with Crippen molar-refractivity contribution >= 4 is 11.0 Å². The lowest BCUT2D eigenvalue weighted by Gasteiger charge is -2.19.